The molecule has 11 heteroatoms. The standard InChI is InChI=1S/C17H15ClF4N2O3S/c1-2-24(28(26,27)11-7-8-14(19)13(18)9-11)10-16(25)23-15-6-4-3-5-12(15)17(20,21)22/h3-9H,2,10H2,1H3,(H,23,25). The molecule has 1 amide bonds. The second kappa shape index (κ2) is 8.46. The van der Waals surface area contributed by atoms with Gasteiger partial charge in [0.05, 0.1) is 27.7 Å². The molecule has 0 bridgehead atoms. The molecule has 0 unspecified atom stereocenters. The fourth-order valence-electron chi connectivity index (χ4n) is 2.34. The summed E-state index contributed by atoms with van der Waals surface area (Å²) < 4.78 is 78.3. The van der Waals surface area contributed by atoms with Crippen molar-refractivity contribution >= 4 is 33.2 Å². The van der Waals surface area contributed by atoms with Crippen LogP contribution in [0.4, 0.5) is 23.2 Å². The highest BCUT2D eigenvalue weighted by Gasteiger charge is 2.34. The second-order valence-corrected chi connectivity index (χ2v) is 7.94. The molecular formula is C17H15ClF4N2O3S. The summed E-state index contributed by atoms with van der Waals surface area (Å²) in [6.45, 7) is 0.561. The molecule has 0 aliphatic rings. The van der Waals surface area contributed by atoms with E-state index in [0.717, 1.165) is 34.6 Å². The van der Waals surface area contributed by atoms with Crippen molar-refractivity contribution in [1.82, 2.24) is 4.31 Å². The number of halogens is 5. The van der Waals surface area contributed by atoms with Gasteiger partial charge in [-0.2, -0.15) is 17.5 Å². The maximum Gasteiger partial charge on any atom is 0.418 e. The summed E-state index contributed by atoms with van der Waals surface area (Å²) >= 11 is 5.60. The van der Waals surface area contributed by atoms with Crippen molar-refractivity contribution < 1.29 is 30.8 Å². The SMILES string of the molecule is CCN(CC(=O)Nc1ccccc1C(F)(F)F)S(=O)(=O)c1ccc(F)c(Cl)c1. The third-order valence-corrected chi connectivity index (χ3v) is 5.91. The number of benzene rings is 2. The van der Waals surface area contributed by atoms with E-state index in [1.165, 1.54) is 19.1 Å². The minimum atomic E-state index is -4.69. The van der Waals surface area contributed by atoms with E-state index in [4.69, 9.17) is 11.6 Å². The lowest BCUT2D eigenvalue weighted by atomic mass is 10.1. The first kappa shape index (κ1) is 22.1. The number of carbonyl (C=O) groups is 1. The predicted molar refractivity (Wildman–Crippen MR) is 95.9 cm³/mol. The lowest BCUT2D eigenvalue weighted by Gasteiger charge is -2.21. The Morgan fingerprint density at radius 1 is 1.18 bits per heavy atom. The maximum absolute atomic E-state index is 13.3. The van der Waals surface area contributed by atoms with Gasteiger partial charge in [0.1, 0.15) is 5.82 Å². The van der Waals surface area contributed by atoms with Crippen LogP contribution in [-0.4, -0.2) is 31.7 Å². The molecular weight excluding hydrogens is 424 g/mol. The van der Waals surface area contributed by atoms with Crippen molar-refractivity contribution in [2.24, 2.45) is 0 Å². The van der Waals surface area contributed by atoms with Crippen LogP contribution in [-0.2, 0) is 21.0 Å². The van der Waals surface area contributed by atoms with Gasteiger partial charge in [-0.25, -0.2) is 12.8 Å². The minimum Gasteiger partial charge on any atom is -0.324 e. The number of carbonyl (C=O) groups excluding carboxylic acids is 1. The van der Waals surface area contributed by atoms with E-state index in [9.17, 15) is 30.8 Å². The Kier molecular flexibility index (Phi) is 6.68. The molecule has 2 rings (SSSR count). The van der Waals surface area contributed by atoms with Crippen molar-refractivity contribution in [1.29, 1.82) is 0 Å². The summed E-state index contributed by atoms with van der Waals surface area (Å²) in [5.41, 5.74) is -1.54. The Hall–Kier alpha value is -2.17. The number of amides is 1. The molecule has 28 heavy (non-hydrogen) atoms. The third-order valence-electron chi connectivity index (χ3n) is 3.71. The molecule has 2 aromatic carbocycles. The summed E-state index contributed by atoms with van der Waals surface area (Å²) in [5.74, 6) is -1.78. The second-order valence-electron chi connectivity index (χ2n) is 5.60. The zero-order valence-electron chi connectivity index (χ0n) is 14.4. The van der Waals surface area contributed by atoms with Gasteiger partial charge in [-0.3, -0.25) is 4.79 Å². The van der Waals surface area contributed by atoms with Crippen LogP contribution < -0.4 is 5.32 Å². The van der Waals surface area contributed by atoms with Crippen molar-refractivity contribution in [3.63, 3.8) is 0 Å². The van der Waals surface area contributed by atoms with E-state index in [1.807, 2.05) is 0 Å². The van der Waals surface area contributed by atoms with E-state index >= 15 is 0 Å². The van der Waals surface area contributed by atoms with Crippen molar-refractivity contribution in [2.75, 3.05) is 18.4 Å². The van der Waals surface area contributed by atoms with Crippen LogP contribution in [0.2, 0.25) is 5.02 Å². The van der Waals surface area contributed by atoms with E-state index in [1.54, 1.807) is 0 Å². The molecule has 0 aromatic heterocycles. The molecule has 0 atom stereocenters. The summed E-state index contributed by atoms with van der Waals surface area (Å²) in [4.78, 5) is 11.8. The number of nitrogens with one attached hydrogen (secondary N) is 1. The predicted octanol–water partition coefficient (Wildman–Crippen LogP) is 4.15. The first-order valence-corrected chi connectivity index (χ1v) is 9.70. The van der Waals surface area contributed by atoms with E-state index in [-0.39, 0.29) is 11.4 Å². The van der Waals surface area contributed by atoms with E-state index < -0.39 is 50.7 Å². The number of alkyl halides is 3. The summed E-state index contributed by atoms with van der Waals surface area (Å²) in [6, 6.07) is 7.07. The third kappa shape index (κ3) is 5.00. The molecule has 1 N–H and O–H groups in total. The fraction of sp³-hybridized carbons (Fsp3) is 0.235. The largest absolute Gasteiger partial charge is 0.418 e. The van der Waals surface area contributed by atoms with E-state index in [0.29, 0.717) is 0 Å². The number of sulfonamides is 1. The van der Waals surface area contributed by atoms with Crippen LogP contribution in [0.25, 0.3) is 0 Å². The quantitative estimate of drug-likeness (QED) is 0.689. The van der Waals surface area contributed by atoms with Crippen LogP contribution in [0.3, 0.4) is 0 Å². The van der Waals surface area contributed by atoms with Gasteiger partial charge in [-0.05, 0) is 30.3 Å². The molecule has 0 fully saturated rings. The number of para-hydroxylation sites is 1. The van der Waals surface area contributed by atoms with Crippen molar-refractivity contribution in [2.45, 2.75) is 18.0 Å². The zero-order valence-corrected chi connectivity index (χ0v) is 16.0. The summed E-state index contributed by atoms with van der Waals surface area (Å²) in [7, 11) is -4.22. The monoisotopic (exact) mass is 438 g/mol. The Balaban J connectivity index is 2.23. The lowest BCUT2D eigenvalue weighted by Crippen LogP contribution is -2.38. The van der Waals surface area contributed by atoms with Crippen molar-refractivity contribution in [3.8, 4) is 0 Å². The molecule has 2 aromatic rings. The average molecular weight is 439 g/mol. The molecule has 0 spiro atoms. The Morgan fingerprint density at radius 2 is 1.82 bits per heavy atom. The Bertz CT molecular complexity index is 981. The van der Waals surface area contributed by atoms with Gasteiger partial charge in [-0.15, -0.1) is 0 Å². The molecule has 5 nitrogen and oxygen atoms in total. The minimum absolute atomic E-state index is 0.147. The van der Waals surface area contributed by atoms with Crippen LogP contribution in [0.1, 0.15) is 12.5 Å². The fourth-order valence-corrected chi connectivity index (χ4v) is 4.02. The lowest BCUT2D eigenvalue weighted by molar-refractivity contribution is -0.137. The van der Waals surface area contributed by atoms with Gasteiger partial charge in [-0.1, -0.05) is 30.7 Å². The topological polar surface area (TPSA) is 66.5 Å². The first-order valence-electron chi connectivity index (χ1n) is 7.88. The van der Waals surface area contributed by atoms with Gasteiger partial charge in [0.2, 0.25) is 15.9 Å². The molecule has 0 radical (unpaired) electrons. The molecule has 152 valence electrons. The molecule has 0 aliphatic heterocycles. The van der Waals surface area contributed by atoms with Gasteiger partial charge in [0.25, 0.3) is 0 Å². The normalized spacial score (nSPS) is 12.2. The first-order chi connectivity index (χ1) is 13.0. The molecule has 0 heterocycles. The van der Waals surface area contributed by atoms with Gasteiger partial charge in [0, 0.05) is 6.54 Å². The number of hydrogen-bond donors (Lipinski definition) is 1. The summed E-state index contributed by atoms with van der Waals surface area (Å²) in [5, 5.41) is 1.66. The van der Waals surface area contributed by atoms with Crippen LogP contribution in [0, 0.1) is 5.82 Å². The highest BCUT2D eigenvalue weighted by molar-refractivity contribution is 7.89. The zero-order chi connectivity index (χ0) is 21.1. The van der Waals surface area contributed by atoms with Gasteiger partial charge in [0.15, 0.2) is 0 Å². The number of rotatable bonds is 6. The van der Waals surface area contributed by atoms with Gasteiger partial charge < -0.3 is 5.32 Å². The molecule has 0 aliphatic carbocycles. The molecule has 0 saturated heterocycles. The number of likely N-dealkylation sites (N-methyl/N-ethyl adjacent to an activating group) is 1. The maximum atomic E-state index is 13.3. The van der Waals surface area contributed by atoms with Gasteiger partial charge >= 0.3 is 6.18 Å². The van der Waals surface area contributed by atoms with E-state index in [2.05, 4.69) is 5.32 Å². The smallest absolute Gasteiger partial charge is 0.324 e. The number of nitrogens with zero attached hydrogens (tertiary/aromatic N) is 1. The Labute approximate surface area is 164 Å². The Morgan fingerprint density at radius 3 is 2.39 bits per heavy atom. The van der Waals surface area contributed by atoms with Crippen molar-refractivity contribution in [3.05, 3.63) is 58.9 Å². The summed E-state index contributed by atoms with van der Waals surface area (Å²) in [6.07, 6.45) is -4.69. The van der Waals surface area contributed by atoms with Crippen LogP contribution in [0.15, 0.2) is 47.4 Å². The highest BCUT2D eigenvalue weighted by Crippen LogP contribution is 2.34. The number of anilines is 1. The number of hydrogen-bond acceptors (Lipinski definition) is 3. The average Bonchev–Trinajstić information content (AvgIpc) is 2.61. The van der Waals surface area contributed by atoms with Crippen LogP contribution >= 0.6 is 11.6 Å². The highest BCUT2D eigenvalue weighted by atomic mass is 35.5. The molecule has 0 saturated carbocycles. The van der Waals surface area contributed by atoms with Crippen LogP contribution in [0.5, 0.6) is 0 Å².